The molecule has 0 radical (unpaired) electrons. The minimum Gasteiger partial charge on any atom is -0.330 e. The quantitative estimate of drug-likeness (QED) is 0.548. The average molecular weight is 266 g/mol. The molecule has 0 bridgehead atoms. The van der Waals surface area contributed by atoms with Crippen LogP contribution < -0.4 is 11.1 Å². The zero-order chi connectivity index (χ0) is 13.5. The summed E-state index contributed by atoms with van der Waals surface area (Å²) in [5.41, 5.74) is 5.04. The highest BCUT2D eigenvalue weighted by Gasteiger charge is 2.38. The van der Waals surface area contributed by atoms with E-state index >= 15 is 0 Å². The monoisotopic (exact) mass is 266 g/mol. The first-order valence-electron chi connectivity index (χ1n) is 5.21. The maximum absolute atomic E-state index is 12.3. The molecule has 2 nitrogen and oxygen atoms in total. The summed E-state index contributed by atoms with van der Waals surface area (Å²) in [4.78, 5) is 0. The molecule has 0 rings (SSSR count). The molecule has 0 aliphatic heterocycles. The van der Waals surface area contributed by atoms with Crippen molar-refractivity contribution in [1.29, 1.82) is 0 Å². The average Bonchev–Trinajstić information content (AvgIpc) is 2.12. The predicted octanol–water partition coefficient (Wildman–Crippen LogP) is 2.45. The van der Waals surface area contributed by atoms with Crippen molar-refractivity contribution < 1.29 is 26.3 Å². The van der Waals surface area contributed by atoms with Crippen molar-refractivity contribution in [2.24, 2.45) is 11.7 Å². The minimum absolute atomic E-state index is 0.0905. The van der Waals surface area contributed by atoms with Crippen molar-refractivity contribution in [3.63, 3.8) is 0 Å². The third-order valence-electron chi connectivity index (χ3n) is 2.23. The molecule has 0 fully saturated rings. The largest absolute Gasteiger partial charge is 0.391 e. The molecule has 0 aromatic rings. The van der Waals surface area contributed by atoms with Gasteiger partial charge in [0.2, 0.25) is 0 Å². The highest BCUT2D eigenvalue weighted by atomic mass is 19.4. The van der Waals surface area contributed by atoms with Crippen LogP contribution in [0.15, 0.2) is 0 Å². The van der Waals surface area contributed by atoms with Crippen LogP contribution in [0.2, 0.25) is 0 Å². The Morgan fingerprint density at radius 1 is 0.941 bits per heavy atom. The number of rotatable bonds is 7. The van der Waals surface area contributed by atoms with Gasteiger partial charge in [-0.1, -0.05) is 0 Å². The summed E-state index contributed by atoms with van der Waals surface area (Å²) in [7, 11) is 0. The maximum atomic E-state index is 12.3. The molecule has 0 saturated carbocycles. The Bertz CT molecular complexity index is 201. The van der Waals surface area contributed by atoms with Gasteiger partial charge in [-0.3, -0.25) is 0 Å². The molecular weight excluding hydrogens is 250 g/mol. The Kier molecular flexibility index (Phi) is 6.84. The van der Waals surface area contributed by atoms with Gasteiger partial charge in [0.1, 0.15) is 0 Å². The lowest BCUT2D eigenvalue weighted by atomic mass is 10.0. The molecule has 3 N–H and O–H groups in total. The van der Waals surface area contributed by atoms with E-state index in [1.54, 1.807) is 0 Å². The molecule has 0 saturated heterocycles. The predicted molar refractivity (Wildman–Crippen MR) is 51.4 cm³/mol. The van der Waals surface area contributed by atoms with Crippen LogP contribution in [0.5, 0.6) is 0 Å². The minimum atomic E-state index is -4.34. The van der Waals surface area contributed by atoms with Crippen LogP contribution in [0.3, 0.4) is 0 Å². The molecule has 17 heavy (non-hydrogen) atoms. The summed E-state index contributed by atoms with van der Waals surface area (Å²) in [6.45, 7) is -0.552. The fourth-order valence-electron chi connectivity index (χ4n) is 1.30. The van der Waals surface area contributed by atoms with Crippen LogP contribution in [0.25, 0.3) is 0 Å². The molecule has 8 heteroatoms. The van der Waals surface area contributed by atoms with E-state index in [0.717, 1.165) is 0 Å². The Balaban J connectivity index is 3.77. The Hall–Kier alpha value is -0.500. The second-order valence-corrected chi connectivity index (χ2v) is 3.72. The van der Waals surface area contributed by atoms with Gasteiger partial charge in [-0.25, -0.2) is 0 Å². The van der Waals surface area contributed by atoms with E-state index in [0.29, 0.717) is 0 Å². The van der Waals surface area contributed by atoms with Gasteiger partial charge >= 0.3 is 12.4 Å². The standard InChI is InChI=1S/C9H16F6N2/c10-8(11,12)3-6-17-5-2-7(1-4-16)9(13,14)15/h7,17H,1-6,16H2. The molecule has 0 aromatic heterocycles. The van der Waals surface area contributed by atoms with Gasteiger partial charge < -0.3 is 11.1 Å². The maximum Gasteiger partial charge on any atom is 0.391 e. The number of nitrogens with two attached hydrogens (primary N) is 1. The van der Waals surface area contributed by atoms with Gasteiger partial charge in [-0.15, -0.1) is 0 Å². The molecule has 0 amide bonds. The first-order chi connectivity index (χ1) is 7.67. The molecule has 0 aliphatic carbocycles. The fourth-order valence-corrected chi connectivity index (χ4v) is 1.30. The molecule has 1 atom stereocenters. The normalized spacial score (nSPS) is 15.0. The highest BCUT2D eigenvalue weighted by molar-refractivity contribution is 4.69. The molecule has 0 spiro atoms. The molecule has 0 aromatic carbocycles. The lowest BCUT2D eigenvalue weighted by Gasteiger charge is -2.19. The van der Waals surface area contributed by atoms with Crippen LogP contribution >= 0.6 is 0 Å². The van der Waals surface area contributed by atoms with Crippen molar-refractivity contribution in [3.05, 3.63) is 0 Å². The van der Waals surface area contributed by atoms with Gasteiger partial charge in [-0.2, -0.15) is 26.3 Å². The number of nitrogens with one attached hydrogen (secondary N) is 1. The summed E-state index contributed by atoms with van der Waals surface area (Å²) in [5.74, 6) is -1.55. The first kappa shape index (κ1) is 16.5. The van der Waals surface area contributed by atoms with Crippen molar-refractivity contribution in [1.82, 2.24) is 5.32 Å². The second-order valence-electron chi connectivity index (χ2n) is 3.72. The third-order valence-corrected chi connectivity index (χ3v) is 2.23. The van der Waals surface area contributed by atoms with Gasteiger partial charge in [0.15, 0.2) is 0 Å². The summed E-state index contributed by atoms with van der Waals surface area (Å²) in [6, 6.07) is 0. The smallest absolute Gasteiger partial charge is 0.330 e. The van der Waals surface area contributed by atoms with Crippen molar-refractivity contribution in [3.8, 4) is 0 Å². The van der Waals surface area contributed by atoms with Gasteiger partial charge in [0.25, 0.3) is 0 Å². The zero-order valence-electron chi connectivity index (χ0n) is 9.17. The molecule has 1 unspecified atom stereocenters. The van der Waals surface area contributed by atoms with Crippen molar-refractivity contribution >= 4 is 0 Å². The van der Waals surface area contributed by atoms with Crippen LogP contribution in [0.4, 0.5) is 26.3 Å². The van der Waals surface area contributed by atoms with E-state index in [4.69, 9.17) is 5.73 Å². The molecule has 104 valence electrons. The lowest BCUT2D eigenvalue weighted by molar-refractivity contribution is -0.177. The summed E-state index contributed by atoms with van der Waals surface area (Å²) >= 11 is 0. The van der Waals surface area contributed by atoms with E-state index in [-0.39, 0.29) is 32.5 Å². The van der Waals surface area contributed by atoms with Crippen LogP contribution in [0.1, 0.15) is 19.3 Å². The molecular formula is C9H16F6N2. The molecule has 0 aliphatic rings. The summed E-state index contributed by atoms with van der Waals surface area (Å²) in [6.07, 6.45) is -10.1. The zero-order valence-corrected chi connectivity index (χ0v) is 9.17. The number of alkyl halides is 6. The van der Waals surface area contributed by atoms with Gasteiger partial charge in [0, 0.05) is 6.54 Å². The molecule has 0 heterocycles. The number of halogens is 6. The fraction of sp³-hybridized carbons (Fsp3) is 1.00. The van der Waals surface area contributed by atoms with Crippen molar-refractivity contribution in [2.45, 2.75) is 31.6 Å². The van der Waals surface area contributed by atoms with E-state index in [9.17, 15) is 26.3 Å². The van der Waals surface area contributed by atoms with E-state index in [1.807, 2.05) is 0 Å². The van der Waals surface area contributed by atoms with E-state index in [1.165, 1.54) is 0 Å². The SMILES string of the molecule is NCCC(CCNCCC(F)(F)F)C(F)(F)F. The van der Waals surface area contributed by atoms with Crippen LogP contribution in [-0.2, 0) is 0 Å². The van der Waals surface area contributed by atoms with Crippen LogP contribution in [-0.4, -0.2) is 32.0 Å². The number of hydrogen-bond acceptors (Lipinski definition) is 2. The van der Waals surface area contributed by atoms with E-state index in [2.05, 4.69) is 5.32 Å². The second kappa shape index (κ2) is 7.05. The summed E-state index contributed by atoms with van der Waals surface area (Å²) in [5, 5.41) is 2.34. The summed E-state index contributed by atoms with van der Waals surface area (Å²) < 4.78 is 72.2. The lowest BCUT2D eigenvalue weighted by Crippen LogP contribution is -2.30. The van der Waals surface area contributed by atoms with E-state index < -0.39 is 24.7 Å². The van der Waals surface area contributed by atoms with Gasteiger partial charge in [0.05, 0.1) is 12.3 Å². The number of hydrogen-bond donors (Lipinski definition) is 2. The Morgan fingerprint density at radius 2 is 1.53 bits per heavy atom. The van der Waals surface area contributed by atoms with Crippen molar-refractivity contribution in [2.75, 3.05) is 19.6 Å². The Morgan fingerprint density at radius 3 is 1.94 bits per heavy atom. The van der Waals surface area contributed by atoms with Gasteiger partial charge in [-0.05, 0) is 25.9 Å². The van der Waals surface area contributed by atoms with Crippen LogP contribution in [0, 0.1) is 5.92 Å². The first-order valence-corrected chi connectivity index (χ1v) is 5.21. The topological polar surface area (TPSA) is 38.0 Å². The Labute approximate surface area is 95.5 Å². The third kappa shape index (κ3) is 9.22. The highest BCUT2D eigenvalue weighted by Crippen LogP contribution is 2.30.